The molecule has 2 aliphatic heterocycles. The first kappa shape index (κ1) is 17.5. The second kappa shape index (κ2) is 7.03. The maximum atomic E-state index is 12.9. The Labute approximate surface area is 155 Å². The van der Waals surface area contributed by atoms with Gasteiger partial charge >= 0.3 is 0 Å². The molecule has 26 heavy (non-hydrogen) atoms. The van der Waals surface area contributed by atoms with Gasteiger partial charge in [-0.15, -0.1) is 0 Å². The van der Waals surface area contributed by atoms with Crippen LogP contribution in [0.5, 0.6) is 0 Å². The van der Waals surface area contributed by atoms with Gasteiger partial charge in [-0.25, -0.2) is 0 Å². The quantitative estimate of drug-likeness (QED) is 0.814. The van der Waals surface area contributed by atoms with Crippen molar-refractivity contribution in [1.29, 1.82) is 0 Å². The molecule has 1 aliphatic carbocycles. The van der Waals surface area contributed by atoms with Crippen LogP contribution in [0.2, 0.25) is 0 Å². The highest BCUT2D eigenvalue weighted by Gasteiger charge is 2.53. The van der Waals surface area contributed by atoms with E-state index >= 15 is 0 Å². The van der Waals surface area contributed by atoms with E-state index in [-0.39, 0.29) is 23.1 Å². The van der Waals surface area contributed by atoms with E-state index in [4.69, 9.17) is 4.74 Å². The monoisotopic (exact) mass is 356 g/mol. The third-order valence-corrected chi connectivity index (χ3v) is 6.43. The van der Waals surface area contributed by atoms with E-state index in [9.17, 15) is 9.59 Å². The molecule has 0 radical (unpaired) electrons. The molecule has 4 rings (SSSR count). The molecule has 3 fully saturated rings. The molecule has 140 valence electrons. The number of piperidine rings is 1. The third kappa shape index (κ3) is 3.25. The summed E-state index contributed by atoms with van der Waals surface area (Å²) in [6.07, 6.45) is 4.27. The Morgan fingerprint density at radius 1 is 1.19 bits per heavy atom. The normalized spacial score (nSPS) is 25.1. The number of carbonyl (C=O) groups is 2. The first-order valence-corrected chi connectivity index (χ1v) is 9.75. The number of methoxy groups -OCH3 is 1. The van der Waals surface area contributed by atoms with Crippen LogP contribution in [0, 0.1) is 17.3 Å². The van der Waals surface area contributed by atoms with Crippen molar-refractivity contribution < 1.29 is 14.3 Å². The number of nitrogens with zero attached hydrogens (tertiary/aromatic N) is 2. The molecule has 1 aromatic rings. The Morgan fingerprint density at radius 2 is 1.88 bits per heavy atom. The summed E-state index contributed by atoms with van der Waals surface area (Å²) < 4.78 is 5.41. The van der Waals surface area contributed by atoms with E-state index < -0.39 is 0 Å². The molecule has 0 N–H and O–H groups in total. The smallest absolute Gasteiger partial charge is 0.253 e. The molecule has 3 aliphatic rings. The van der Waals surface area contributed by atoms with Crippen LogP contribution >= 0.6 is 0 Å². The highest BCUT2D eigenvalue weighted by Crippen LogP contribution is 2.46. The van der Waals surface area contributed by atoms with Gasteiger partial charge in [-0.3, -0.25) is 9.59 Å². The van der Waals surface area contributed by atoms with Crippen LogP contribution in [0.15, 0.2) is 30.3 Å². The number of ether oxygens (including phenoxy) is 1. The minimum absolute atomic E-state index is 0.0323. The molecule has 1 aromatic carbocycles. The largest absolute Gasteiger partial charge is 0.384 e. The molecule has 1 saturated carbocycles. The Kier molecular flexibility index (Phi) is 4.74. The van der Waals surface area contributed by atoms with Crippen LogP contribution in [-0.4, -0.2) is 61.5 Å². The molecule has 5 heteroatoms. The predicted octanol–water partition coefficient (Wildman–Crippen LogP) is 2.42. The fourth-order valence-electron chi connectivity index (χ4n) is 4.66. The van der Waals surface area contributed by atoms with E-state index in [0.717, 1.165) is 44.6 Å². The fourth-order valence-corrected chi connectivity index (χ4v) is 4.66. The van der Waals surface area contributed by atoms with Gasteiger partial charge in [-0.05, 0) is 43.7 Å². The average Bonchev–Trinajstić information content (AvgIpc) is 3.46. The van der Waals surface area contributed by atoms with Gasteiger partial charge < -0.3 is 14.5 Å². The van der Waals surface area contributed by atoms with Gasteiger partial charge in [0.2, 0.25) is 5.91 Å². The number of amides is 2. The van der Waals surface area contributed by atoms with Crippen LogP contribution < -0.4 is 0 Å². The lowest BCUT2D eigenvalue weighted by atomic mass is 9.71. The Hall–Kier alpha value is -1.88. The minimum atomic E-state index is -0.0553. The molecule has 0 aromatic heterocycles. The topological polar surface area (TPSA) is 49.9 Å². The van der Waals surface area contributed by atoms with Crippen LogP contribution in [0.4, 0.5) is 0 Å². The maximum Gasteiger partial charge on any atom is 0.253 e. The van der Waals surface area contributed by atoms with E-state index in [2.05, 4.69) is 4.90 Å². The van der Waals surface area contributed by atoms with Gasteiger partial charge in [0.15, 0.2) is 0 Å². The second-order valence-corrected chi connectivity index (χ2v) is 8.19. The molecule has 0 unspecified atom stereocenters. The summed E-state index contributed by atoms with van der Waals surface area (Å²) in [4.78, 5) is 29.7. The van der Waals surface area contributed by atoms with Crippen molar-refractivity contribution in [2.75, 3.05) is 39.9 Å². The molecule has 2 saturated heterocycles. The number of benzene rings is 1. The maximum absolute atomic E-state index is 12.9. The van der Waals surface area contributed by atoms with Crippen LogP contribution in [0.1, 0.15) is 36.0 Å². The molecule has 5 nitrogen and oxygen atoms in total. The van der Waals surface area contributed by atoms with Crippen LogP contribution in [0.3, 0.4) is 0 Å². The minimum Gasteiger partial charge on any atom is -0.384 e. The molecular formula is C21H28N2O3. The number of carbonyl (C=O) groups excluding carboxylic acids is 2. The lowest BCUT2D eigenvalue weighted by Crippen LogP contribution is -2.47. The SMILES string of the molecule is COC[C@H]1C(=O)N(CC2CC2)CC12CCN(C(=O)c1ccccc1)CC2. The Bertz CT molecular complexity index is 663. The summed E-state index contributed by atoms with van der Waals surface area (Å²) >= 11 is 0. The van der Waals surface area contributed by atoms with Crippen LogP contribution in [-0.2, 0) is 9.53 Å². The number of hydrogen-bond acceptors (Lipinski definition) is 3. The van der Waals surface area contributed by atoms with E-state index in [1.807, 2.05) is 35.2 Å². The predicted molar refractivity (Wildman–Crippen MR) is 98.7 cm³/mol. The average molecular weight is 356 g/mol. The molecule has 1 atom stereocenters. The standard InChI is InChI=1S/C21H28N2O3/c1-26-14-18-20(25)23(13-16-7-8-16)15-21(18)9-11-22(12-10-21)19(24)17-5-3-2-4-6-17/h2-6,16,18H,7-15H2,1H3/t18-/m0/s1. The van der Waals surface area contributed by atoms with Gasteiger partial charge in [0, 0.05) is 44.3 Å². The van der Waals surface area contributed by atoms with Crippen LogP contribution in [0.25, 0.3) is 0 Å². The van der Waals surface area contributed by atoms with Crippen molar-refractivity contribution in [3.8, 4) is 0 Å². The highest BCUT2D eigenvalue weighted by molar-refractivity contribution is 5.94. The summed E-state index contributed by atoms with van der Waals surface area (Å²) in [5, 5.41) is 0. The van der Waals surface area contributed by atoms with Crippen molar-refractivity contribution in [2.45, 2.75) is 25.7 Å². The van der Waals surface area contributed by atoms with E-state index in [1.54, 1.807) is 7.11 Å². The van der Waals surface area contributed by atoms with Gasteiger partial charge in [0.25, 0.3) is 5.91 Å². The summed E-state index contributed by atoms with van der Waals surface area (Å²) in [6.45, 7) is 3.68. The van der Waals surface area contributed by atoms with Gasteiger partial charge in [0.1, 0.15) is 0 Å². The van der Waals surface area contributed by atoms with E-state index in [0.29, 0.717) is 12.5 Å². The zero-order valence-electron chi connectivity index (χ0n) is 15.5. The third-order valence-electron chi connectivity index (χ3n) is 6.43. The molecular weight excluding hydrogens is 328 g/mol. The highest BCUT2D eigenvalue weighted by atomic mass is 16.5. The van der Waals surface area contributed by atoms with Gasteiger partial charge in [-0.2, -0.15) is 0 Å². The van der Waals surface area contributed by atoms with Crippen molar-refractivity contribution in [1.82, 2.24) is 9.80 Å². The summed E-state index contributed by atoms with van der Waals surface area (Å²) in [5.41, 5.74) is 0.713. The molecule has 2 heterocycles. The summed E-state index contributed by atoms with van der Waals surface area (Å²) in [6, 6.07) is 9.47. The Balaban J connectivity index is 1.45. The zero-order chi connectivity index (χ0) is 18.1. The fraction of sp³-hybridized carbons (Fsp3) is 0.619. The number of rotatable bonds is 5. The Morgan fingerprint density at radius 3 is 2.50 bits per heavy atom. The number of likely N-dealkylation sites (tertiary alicyclic amines) is 2. The number of hydrogen-bond donors (Lipinski definition) is 0. The molecule has 2 amide bonds. The van der Waals surface area contributed by atoms with Crippen molar-refractivity contribution >= 4 is 11.8 Å². The lowest BCUT2D eigenvalue weighted by molar-refractivity contribution is -0.133. The van der Waals surface area contributed by atoms with Crippen molar-refractivity contribution in [3.05, 3.63) is 35.9 Å². The second-order valence-electron chi connectivity index (χ2n) is 8.19. The van der Waals surface area contributed by atoms with Gasteiger partial charge in [-0.1, -0.05) is 18.2 Å². The van der Waals surface area contributed by atoms with E-state index in [1.165, 1.54) is 12.8 Å². The lowest BCUT2D eigenvalue weighted by Gasteiger charge is -2.41. The zero-order valence-corrected chi connectivity index (χ0v) is 15.5. The molecule has 0 bridgehead atoms. The summed E-state index contributed by atoms with van der Waals surface area (Å²) in [7, 11) is 1.68. The first-order chi connectivity index (χ1) is 12.6. The van der Waals surface area contributed by atoms with Crippen molar-refractivity contribution in [2.24, 2.45) is 17.3 Å². The van der Waals surface area contributed by atoms with Gasteiger partial charge in [0.05, 0.1) is 12.5 Å². The van der Waals surface area contributed by atoms with Crippen molar-refractivity contribution in [3.63, 3.8) is 0 Å². The first-order valence-electron chi connectivity index (χ1n) is 9.75. The summed E-state index contributed by atoms with van der Waals surface area (Å²) in [5.74, 6) is 1.02. The molecule has 1 spiro atoms.